The minimum Gasteiger partial charge on any atom is -0.351 e. The van der Waals surface area contributed by atoms with E-state index in [1.165, 1.54) is 0 Å². The molecule has 0 bridgehead atoms. The number of amides is 2. The molecule has 0 aliphatic carbocycles. The van der Waals surface area contributed by atoms with Crippen LogP contribution in [0, 0.1) is 6.92 Å². The molecule has 0 radical (unpaired) electrons. The SMILES string of the molecule is Cc1cccc(C(=O)NCC2CNC(=O)c3ccccc32)c1. The van der Waals surface area contributed by atoms with Crippen molar-refractivity contribution in [1.82, 2.24) is 10.6 Å². The predicted molar refractivity (Wildman–Crippen MR) is 85.0 cm³/mol. The first kappa shape index (κ1) is 14.3. The average molecular weight is 294 g/mol. The molecule has 112 valence electrons. The van der Waals surface area contributed by atoms with Gasteiger partial charge < -0.3 is 10.6 Å². The average Bonchev–Trinajstić information content (AvgIpc) is 2.54. The lowest BCUT2D eigenvalue weighted by molar-refractivity contribution is 0.0935. The highest BCUT2D eigenvalue weighted by molar-refractivity contribution is 5.97. The molecule has 0 spiro atoms. The van der Waals surface area contributed by atoms with Gasteiger partial charge in [0.2, 0.25) is 0 Å². The number of benzene rings is 2. The lowest BCUT2D eigenvalue weighted by Gasteiger charge is -2.25. The summed E-state index contributed by atoms with van der Waals surface area (Å²) in [6.45, 7) is 3.01. The number of rotatable bonds is 3. The highest BCUT2D eigenvalue weighted by Gasteiger charge is 2.25. The zero-order valence-electron chi connectivity index (χ0n) is 12.4. The molecule has 1 aliphatic rings. The summed E-state index contributed by atoms with van der Waals surface area (Å²) >= 11 is 0. The first-order valence-corrected chi connectivity index (χ1v) is 7.37. The van der Waals surface area contributed by atoms with Gasteiger partial charge in [-0.15, -0.1) is 0 Å². The maximum Gasteiger partial charge on any atom is 0.251 e. The highest BCUT2D eigenvalue weighted by atomic mass is 16.2. The normalized spacial score (nSPS) is 16.6. The Kier molecular flexibility index (Phi) is 3.92. The molecular weight excluding hydrogens is 276 g/mol. The lowest BCUT2D eigenvalue weighted by atomic mass is 9.90. The maximum absolute atomic E-state index is 12.2. The Hall–Kier alpha value is -2.62. The van der Waals surface area contributed by atoms with Crippen LogP contribution in [0.15, 0.2) is 48.5 Å². The van der Waals surface area contributed by atoms with Crippen molar-refractivity contribution < 1.29 is 9.59 Å². The molecule has 4 heteroatoms. The number of carbonyl (C=O) groups excluding carboxylic acids is 2. The summed E-state index contributed by atoms with van der Waals surface area (Å²) in [4.78, 5) is 24.0. The molecule has 0 saturated heterocycles. The van der Waals surface area contributed by atoms with Crippen molar-refractivity contribution in [2.24, 2.45) is 0 Å². The van der Waals surface area contributed by atoms with Gasteiger partial charge in [-0.2, -0.15) is 0 Å². The summed E-state index contributed by atoms with van der Waals surface area (Å²) in [6.07, 6.45) is 0. The van der Waals surface area contributed by atoms with Crippen molar-refractivity contribution in [1.29, 1.82) is 0 Å². The Morgan fingerprint density at radius 2 is 2.05 bits per heavy atom. The second-order valence-corrected chi connectivity index (χ2v) is 5.57. The smallest absolute Gasteiger partial charge is 0.251 e. The topological polar surface area (TPSA) is 58.2 Å². The quantitative estimate of drug-likeness (QED) is 0.912. The number of fused-ring (bicyclic) bond motifs is 1. The van der Waals surface area contributed by atoms with E-state index in [0.29, 0.717) is 24.2 Å². The van der Waals surface area contributed by atoms with Gasteiger partial charge in [0.1, 0.15) is 0 Å². The molecule has 2 aromatic carbocycles. The Bertz CT molecular complexity index is 725. The van der Waals surface area contributed by atoms with Crippen LogP contribution in [-0.2, 0) is 0 Å². The van der Waals surface area contributed by atoms with Crippen molar-refractivity contribution in [2.45, 2.75) is 12.8 Å². The van der Waals surface area contributed by atoms with E-state index in [1.54, 1.807) is 6.07 Å². The number of aryl methyl sites for hydroxylation is 1. The van der Waals surface area contributed by atoms with E-state index in [-0.39, 0.29) is 17.7 Å². The Morgan fingerprint density at radius 3 is 2.86 bits per heavy atom. The fraction of sp³-hybridized carbons (Fsp3) is 0.222. The van der Waals surface area contributed by atoms with E-state index in [1.807, 2.05) is 49.4 Å². The molecular formula is C18H18N2O2. The predicted octanol–water partition coefficient (Wildman–Crippen LogP) is 2.25. The largest absolute Gasteiger partial charge is 0.351 e. The molecule has 4 nitrogen and oxygen atoms in total. The summed E-state index contributed by atoms with van der Waals surface area (Å²) in [5, 5.41) is 5.83. The number of hydrogen-bond donors (Lipinski definition) is 2. The Balaban J connectivity index is 1.71. The Morgan fingerprint density at radius 1 is 1.23 bits per heavy atom. The van der Waals surface area contributed by atoms with Crippen LogP contribution in [0.2, 0.25) is 0 Å². The van der Waals surface area contributed by atoms with E-state index in [2.05, 4.69) is 10.6 Å². The summed E-state index contributed by atoms with van der Waals surface area (Å²) in [6, 6.07) is 15.1. The summed E-state index contributed by atoms with van der Waals surface area (Å²) in [5.74, 6) is -0.0300. The van der Waals surface area contributed by atoms with Crippen molar-refractivity contribution in [3.63, 3.8) is 0 Å². The first-order chi connectivity index (χ1) is 10.6. The molecule has 1 unspecified atom stereocenters. The van der Waals surface area contributed by atoms with Gasteiger partial charge in [-0.25, -0.2) is 0 Å². The zero-order chi connectivity index (χ0) is 15.5. The molecule has 2 aromatic rings. The van der Waals surface area contributed by atoms with Gasteiger partial charge in [0.15, 0.2) is 0 Å². The fourth-order valence-electron chi connectivity index (χ4n) is 2.77. The van der Waals surface area contributed by atoms with E-state index >= 15 is 0 Å². The van der Waals surface area contributed by atoms with Crippen LogP contribution in [0.1, 0.15) is 37.8 Å². The molecule has 3 rings (SSSR count). The molecule has 1 aliphatic heterocycles. The van der Waals surface area contributed by atoms with Gasteiger partial charge in [0.05, 0.1) is 0 Å². The summed E-state index contributed by atoms with van der Waals surface area (Å²) in [5.41, 5.74) is 3.41. The monoisotopic (exact) mass is 294 g/mol. The van der Waals surface area contributed by atoms with Crippen LogP contribution in [0.25, 0.3) is 0 Å². The van der Waals surface area contributed by atoms with Crippen molar-refractivity contribution in [2.75, 3.05) is 13.1 Å². The lowest BCUT2D eigenvalue weighted by Crippen LogP contribution is -2.40. The van der Waals surface area contributed by atoms with Crippen LogP contribution in [0.4, 0.5) is 0 Å². The molecule has 22 heavy (non-hydrogen) atoms. The molecule has 1 atom stereocenters. The molecule has 0 saturated carbocycles. The third-order valence-electron chi connectivity index (χ3n) is 3.94. The third kappa shape index (κ3) is 2.86. The highest BCUT2D eigenvalue weighted by Crippen LogP contribution is 2.23. The molecule has 0 aromatic heterocycles. The zero-order valence-corrected chi connectivity index (χ0v) is 12.4. The van der Waals surface area contributed by atoms with Crippen molar-refractivity contribution >= 4 is 11.8 Å². The minimum absolute atomic E-state index is 0.0446. The van der Waals surface area contributed by atoms with Gasteiger partial charge >= 0.3 is 0 Å². The van der Waals surface area contributed by atoms with Gasteiger partial charge in [0, 0.05) is 30.1 Å². The van der Waals surface area contributed by atoms with E-state index in [4.69, 9.17) is 0 Å². The van der Waals surface area contributed by atoms with Gasteiger partial charge in [-0.05, 0) is 30.7 Å². The van der Waals surface area contributed by atoms with E-state index in [9.17, 15) is 9.59 Å². The Labute approximate surface area is 129 Å². The number of hydrogen-bond acceptors (Lipinski definition) is 2. The van der Waals surface area contributed by atoms with Crippen LogP contribution in [-0.4, -0.2) is 24.9 Å². The van der Waals surface area contributed by atoms with E-state index < -0.39 is 0 Å². The van der Waals surface area contributed by atoms with Gasteiger partial charge in [-0.3, -0.25) is 9.59 Å². The minimum atomic E-state index is -0.0851. The third-order valence-corrected chi connectivity index (χ3v) is 3.94. The van der Waals surface area contributed by atoms with Crippen LogP contribution in [0.3, 0.4) is 0 Å². The molecule has 1 heterocycles. The summed E-state index contributed by atoms with van der Waals surface area (Å²) < 4.78 is 0. The molecule has 2 amide bonds. The van der Waals surface area contributed by atoms with Crippen LogP contribution < -0.4 is 10.6 Å². The second kappa shape index (κ2) is 6.02. The van der Waals surface area contributed by atoms with Crippen molar-refractivity contribution in [3.05, 3.63) is 70.8 Å². The van der Waals surface area contributed by atoms with Crippen molar-refractivity contribution in [3.8, 4) is 0 Å². The van der Waals surface area contributed by atoms with Crippen LogP contribution >= 0.6 is 0 Å². The first-order valence-electron chi connectivity index (χ1n) is 7.37. The standard InChI is InChI=1S/C18H18N2O2/c1-12-5-4-6-13(9-12)17(21)19-10-14-11-20-18(22)16-8-3-2-7-15(14)16/h2-9,14H,10-11H2,1H3,(H,19,21)(H,20,22). The van der Waals surface area contributed by atoms with E-state index in [0.717, 1.165) is 11.1 Å². The number of nitrogens with one attached hydrogen (secondary N) is 2. The van der Waals surface area contributed by atoms with Gasteiger partial charge in [0.25, 0.3) is 11.8 Å². The maximum atomic E-state index is 12.2. The van der Waals surface area contributed by atoms with Crippen LogP contribution in [0.5, 0.6) is 0 Å². The number of carbonyl (C=O) groups is 2. The molecule has 2 N–H and O–H groups in total. The molecule has 0 fully saturated rings. The summed E-state index contributed by atoms with van der Waals surface area (Å²) in [7, 11) is 0. The fourth-order valence-corrected chi connectivity index (χ4v) is 2.77. The second-order valence-electron chi connectivity index (χ2n) is 5.57. The van der Waals surface area contributed by atoms with Gasteiger partial charge in [-0.1, -0.05) is 35.9 Å².